The topological polar surface area (TPSA) is 59.9 Å². The van der Waals surface area contributed by atoms with Crippen LogP contribution < -0.4 is 14.9 Å². The summed E-state index contributed by atoms with van der Waals surface area (Å²) in [5.74, 6) is 1.000. The lowest BCUT2D eigenvalue weighted by Crippen LogP contribution is -2.25. The van der Waals surface area contributed by atoms with E-state index in [1.54, 1.807) is 31.4 Å². The largest absolute Gasteiger partial charge is 0.497 e. The van der Waals surface area contributed by atoms with Crippen LogP contribution in [0.4, 0.5) is 0 Å². The first-order valence-corrected chi connectivity index (χ1v) is 8.91. The molecule has 5 heteroatoms. The van der Waals surface area contributed by atoms with E-state index in [2.05, 4.69) is 22.7 Å². The van der Waals surface area contributed by atoms with E-state index in [0.29, 0.717) is 5.75 Å². The quantitative estimate of drug-likeness (QED) is 0.496. The highest BCUT2D eigenvalue weighted by atomic mass is 16.5. The number of hydrogen-bond acceptors (Lipinski definition) is 4. The Kier molecular flexibility index (Phi) is 6.41. The summed E-state index contributed by atoms with van der Waals surface area (Å²) in [7, 11) is 1.60. The van der Waals surface area contributed by atoms with Crippen LogP contribution in [0.25, 0.3) is 11.1 Å². The van der Waals surface area contributed by atoms with Crippen molar-refractivity contribution in [2.45, 2.75) is 6.92 Å². The third kappa shape index (κ3) is 5.20. The molecule has 1 amide bonds. The first-order chi connectivity index (χ1) is 13.7. The molecular weight excluding hydrogens is 352 g/mol. The van der Waals surface area contributed by atoms with Gasteiger partial charge in [-0.2, -0.15) is 5.10 Å². The van der Waals surface area contributed by atoms with Gasteiger partial charge < -0.3 is 9.47 Å². The first-order valence-electron chi connectivity index (χ1n) is 8.91. The summed E-state index contributed by atoms with van der Waals surface area (Å²) in [5.41, 5.74) is 6.47. The van der Waals surface area contributed by atoms with Crippen molar-refractivity contribution in [3.05, 3.63) is 84.4 Å². The highest BCUT2D eigenvalue weighted by molar-refractivity contribution is 5.99. The maximum absolute atomic E-state index is 11.9. The first kappa shape index (κ1) is 19.2. The third-order valence-corrected chi connectivity index (χ3v) is 4.19. The van der Waals surface area contributed by atoms with Crippen molar-refractivity contribution in [2.24, 2.45) is 5.10 Å². The molecule has 0 fully saturated rings. The average molecular weight is 374 g/mol. The Hall–Kier alpha value is -3.60. The van der Waals surface area contributed by atoms with Crippen molar-refractivity contribution in [3.8, 4) is 22.6 Å². The van der Waals surface area contributed by atoms with Gasteiger partial charge in [0.2, 0.25) is 0 Å². The Balaban J connectivity index is 1.53. The minimum absolute atomic E-state index is 0.115. The fourth-order valence-corrected chi connectivity index (χ4v) is 2.60. The predicted octanol–water partition coefficient (Wildman–Crippen LogP) is 4.28. The third-order valence-electron chi connectivity index (χ3n) is 4.19. The highest BCUT2D eigenvalue weighted by Crippen LogP contribution is 2.19. The lowest BCUT2D eigenvalue weighted by Gasteiger charge is -2.07. The van der Waals surface area contributed by atoms with Crippen LogP contribution in [-0.2, 0) is 4.79 Å². The molecule has 3 aromatic carbocycles. The fraction of sp³-hybridized carbons (Fsp3) is 0.130. The van der Waals surface area contributed by atoms with Crippen LogP contribution in [0.1, 0.15) is 12.5 Å². The molecule has 1 N–H and O–H groups in total. The summed E-state index contributed by atoms with van der Waals surface area (Å²) < 4.78 is 10.5. The summed E-state index contributed by atoms with van der Waals surface area (Å²) >= 11 is 0. The van der Waals surface area contributed by atoms with E-state index >= 15 is 0 Å². The number of ether oxygens (including phenoxy) is 2. The van der Waals surface area contributed by atoms with Gasteiger partial charge in [-0.05, 0) is 47.9 Å². The van der Waals surface area contributed by atoms with E-state index in [1.165, 1.54) is 0 Å². The monoisotopic (exact) mass is 374 g/mol. The molecule has 0 radical (unpaired) electrons. The fourth-order valence-electron chi connectivity index (χ4n) is 2.60. The molecule has 0 spiro atoms. The minimum atomic E-state index is -0.323. The van der Waals surface area contributed by atoms with Crippen LogP contribution in [0, 0.1) is 0 Å². The van der Waals surface area contributed by atoms with Crippen LogP contribution >= 0.6 is 0 Å². The molecule has 0 aliphatic carbocycles. The maximum atomic E-state index is 11.9. The van der Waals surface area contributed by atoms with Crippen molar-refractivity contribution in [3.63, 3.8) is 0 Å². The van der Waals surface area contributed by atoms with Gasteiger partial charge in [-0.1, -0.05) is 54.6 Å². The number of hydrazone groups is 1. The maximum Gasteiger partial charge on any atom is 0.277 e. The van der Waals surface area contributed by atoms with E-state index in [1.807, 2.05) is 49.4 Å². The van der Waals surface area contributed by atoms with Crippen LogP contribution in [-0.4, -0.2) is 25.3 Å². The molecular formula is C23H22N2O3. The Morgan fingerprint density at radius 1 is 0.857 bits per heavy atom. The molecule has 0 atom stereocenters. The summed E-state index contributed by atoms with van der Waals surface area (Å²) in [6.45, 7) is 1.73. The second kappa shape index (κ2) is 9.37. The van der Waals surface area contributed by atoms with E-state index in [-0.39, 0.29) is 12.5 Å². The number of methoxy groups -OCH3 is 1. The summed E-state index contributed by atoms with van der Waals surface area (Å²) in [5, 5.41) is 4.15. The Bertz CT molecular complexity index is 934. The zero-order valence-electron chi connectivity index (χ0n) is 15.9. The Morgan fingerprint density at radius 3 is 2.11 bits per heavy atom. The molecule has 0 bridgehead atoms. The number of amides is 1. The van der Waals surface area contributed by atoms with Crippen LogP contribution in [0.2, 0.25) is 0 Å². The standard InChI is InChI=1S/C23H22N2O3/c1-17(18-8-10-20(11-9-18)19-6-4-3-5-7-19)24-25-23(26)16-28-22-14-12-21(27-2)13-15-22/h3-15H,16H2,1-2H3,(H,25,26)/b24-17-. The normalized spacial score (nSPS) is 11.0. The van der Waals surface area contributed by atoms with Gasteiger partial charge in [0.1, 0.15) is 11.5 Å². The molecule has 0 unspecified atom stereocenters. The van der Waals surface area contributed by atoms with Crippen molar-refractivity contribution in [2.75, 3.05) is 13.7 Å². The molecule has 142 valence electrons. The molecule has 0 heterocycles. The van der Waals surface area contributed by atoms with Crippen molar-refractivity contribution in [1.82, 2.24) is 5.43 Å². The molecule has 0 aliphatic rings. The zero-order chi connectivity index (χ0) is 19.8. The van der Waals surface area contributed by atoms with Crippen molar-refractivity contribution in [1.29, 1.82) is 0 Å². The van der Waals surface area contributed by atoms with Gasteiger partial charge in [-0.3, -0.25) is 4.79 Å². The Morgan fingerprint density at radius 2 is 1.46 bits per heavy atom. The molecule has 0 aliphatic heterocycles. The molecule has 0 aromatic heterocycles. The zero-order valence-corrected chi connectivity index (χ0v) is 15.9. The number of rotatable bonds is 7. The minimum Gasteiger partial charge on any atom is -0.497 e. The number of nitrogens with zero attached hydrogens (tertiary/aromatic N) is 1. The van der Waals surface area contributed by atoms with Gasteiger partial charge in [0, 0.05) is 0 Å². The lowest BCUT2D eigenvalue weighted by atomic mass is 10.0. The molecule has 3 rings (SSSR count). The van der Waals surface area contributed by atoms with E-state index in [4.69, 9.17) is 9.47 Å². The van der Waals surface area contributed by atoms with Gasteiger partial charge in [0.25, 0.3) is 5.91 Å². The van der Waals surface area contributed by atoms with Gasteiger partial charge in [-0.25, -0.2) is 5.43 Å². The summed E-state index contributed by atoms with van der Waals surface area (Å²) in [6.07, 6.45) is 0. The average Bonchev–Trinajstić information content (AvgIpc) is 2.77. The summed E-state index contributed by atoms with van der Waals surface area (Å²) in [6, 6.07) is 25.2. The molecule has 3 aromatic rings. The van der Waals surface area contributed by atoms with Gasteiger partial charge in [0.15, 0.2) is 6.61 Å². The van der Waals surface area contributed by atoms with Crippen LogP contribution in [0.3, 0.4) is 0 Å². The highest BCUT2D eigenvalue weighted by Gasteiger charge is 2.04. The number of nitrogens with one attached hydrogen (secondary N) is 1. The molecule has 0 saturated heterocycles. The van der Waals surface area contributed by atoms with Gasteiger partial charge in [-0.15, -0.1) is 0 Å². The number of hydrogen-bond donors (Lipinski definition) is 1. The second-order valence-electron chi connectivity index (χ2n) is 6.14. The van der Waals surface area contributed by atoms with E-state index in [9.17, 15) is 4.79 Å². The smallest absolute Gasteiger partial charge is 0.277 e. The van der Waals surface area contributed by atoms with Gasteiger partial charge in [0.05, 0.1) is 12.8 Å². The van der Waals surface area contributed by atoms with Gasteiger partial charge >= 0.3 is 0 Å². The van der Waals surface area contributed by atoms with Crippen LogP contribution in [0.5, 0.6) is 11.5 Å². The number of benzene rings is 3. The number of carbonyl (C=O) groups excluding carboxylic acids is 1. The Labute approximate surface area is 164 Å². The van der Waals surface area contributed by atoms with Crippen molar-refractivity contribution >= 4 is 11.6 Å². The SMILES string of the molecule is COc1ccc(OCC(=O)N/N=C(/C)c2ccc(-c3ccccc3)cc2)cc1. The van der Waals surface area contributed by atoms with E-state index < -0.39 is 0 Å². The molecule has 5 nitrogen and oxygen atoms in total. The number of carbonyl (C=O) groups is 1. The molecule has 28 heavy (non-hydrogen) atoms. The second-order valence-corrected chi connectivity index (χ2v) is 6.14. The van der Waals surface area contributed by atoms with Crippen molar-refractivity contribution < 1.29 is 14.3 Å². The lowest BCUT2D eigenvalue weighted by molar-refractivity contribution is -0.123. The van der Waals surface area contributed by atoms with Crippen LogP contribution in [0.15, 0.2) is 84.0 Å². The predicted molar refractivity (Wildman–Crippen MR) is 111 cm³/mol. The summed E-state index contributed by atoms with van der Waals surface area (Å²) in [4.78, 5) is 11.9. The van der Waals surface area contributed by atoms with E-state index in [0.717, 1.165) is 28.2 Å². The molecule has 0 saturated carbocycles.